The number of benzene rings is 1. The fraction of sp³-hybridized carbons (Fsp3) is 0.556. The van der Waals surface area contributed by atoms with Gasteiger partial charge in [-0.25, -0.2) is 4.79 Å². The highest BCUT2D eigenvalue weighted by Gasteiger charge is 2.51. The second-order valence-corrected chi connectivity index (χ2v) is 7.97. The van der Waals surface area contributed by atoms with Crippen molar-refractivity contribution in [2.45, 2.75) is 46.1 Å². The summed E-state index contributed by atoms with van der Waals surface area (Å²) >= 11 is 0. The Kier molecular flexibility index (Phi) is 3.50. The molecule has 3 rings (SSSR count). The number of amides is 3. The van der Waals surface area contributed by atoms with Crippen molar-refractivity contribution in [2.75, 3.05) is 6.54 Å². The minimum absolute atomic E-state index is 0.180. The molecule has 1 aliphatic heterocycles. The number of imide groups is 1. The van der Waals surface area contributed by atoms with E-state index >= 15 is 0 Å². The van der Waals surface area contributed by atoms with Gasteiger partial charge in [0.1, 0.15) is 0 Å². The van der Waals surface area contributed by atoms with Crippen LogP contribution in [-0.2, 0) is 0 Å². The molecule has 2 atom stereocenters. The fourth-order valence-electron chi connectivity index (χ4n) is 4.53. The van der Waals surface area contributed by atoms with E-state index in [1.807, 2.05) is 11.0 Å². The van der Waals surface area contributed by atoms with Crippen LogP contribution in [0.2, 0.25) is 0 Å². The van der Waals surface area contributed by atoms with Crippen LogP contribution in [0.3, 0.4) is 0 Å². The maximum absolute atomic E-state index is 12.5. The maximum atomic E-state index is 12.5. The molecule has 2 bridgehead atoms. The van der Waals surface area contributed by atoms with Crippen molar-refractivity contribution in [2.24, 2.45) is 10.8 Å². The molecular weight excluding hydrogens is 276 g/mol. The Morgan fingerprint density at radius 2 is 1.82 bits per heavy atom. The summed E-state index contributed by atoms with van der Waals surface area (Å²) in [6.45, 7) is 7.55. The van der Waals surface area contributed by atoms with E-state index in [2.05, 4.69) is 26.1 Å². The highest BCUT2D eigenvalue weighted by atomic mass is 16.2. The second-order valence-electron chi connectivity index (χ2n) is 7.97. The summed E-state index contributed by atoms with van der Waals surface area (Å²) in [6.07, 6.45) is 3.19. The summed E-state index contributed by atoms with van der Waals surface area (Å²) in [5.74, 6) is -0.323. The average Bonchev–Trinajstić information content (AvgIpc) is 2.69. The first kappa shape index (κ1) is 15.1. The number of carbonyl (C=O) groups is 2. The smallest absolute Gasteiger partial charge is 0.321 e. The molecule has 1 saturated heterocycles. The van der Waals surface area contributed by atoms with Gasteiger partial charge in [0.15, 0.2) is 0 Å². The van der Waals surface area contributed by atoms with Gasteiger partial charge >= 0.3 is 6.03 Å². The van der Waals surface area contributed by atoms with Crippen molar-refractivity contribution < 1.29 is 9.59 Å². The van der Waals surface area contributed by atoms with Crippen LogP contribution in [0.1, 0.15) is 50.4 Å². The van der Waals surface area contributed by atoms with E-state index in [0.29, 0.717) is 5.56 Å². The number of hydrogen-bond donors (Lipinski definition) is 1. The number of hydrogen-bond acceptors (Lipinski definition) is 2. The molecule has 2 fully saturated rings. The van der Waals surface area contributed by atoms with Crippen LogP contribution in [0.15, 0.2) is 30.3 Å². The molecule has 1 aromatic carbocycles. The van der Waals surface area contributed by atoms with Gasteiger partial charge in [-0.1, -0.05) is 39.0 Å². The van der Waals surface area contributed by atoms with Crippen LogP contribution in [0.4, 0.5) is 4.79 Å². The van der Waals surface area contributed by atoms with Crippen LogP contribution in [0.25, 0.3) is 0 Å². The largest absolute Gasteiger partial charge is 0.324 e. The number of rotatable bonds is 1. The Labute approximate surface area is 131 Å². The van der Waals surface area contributed by atoms with E-state index in [1.54, 1.807) is 24.3 Å². The molecule has 1 N–H and O–H groups in total. The highest BCUT2D eigenvalue weighted by Crippen LogP contribution is 2.52. The Hall–Kier alpha value is -1.84. The Morgan fingerprint density at radius 3 is 2.50 bits per heavy atom. The molecule has 0 radical (unpaired) electrons. The number of carbonyl (C=O) groups excluding carboxylic acids is 2. The number of urea groups is 1. The Balaban J connectivity index is 1.70. The summed E-state index contributed by atoms with van der Waals surface area (Å²) in [7, 11) is 0. The molecule has 0 unspecified atom stereocenters. The van der Waals surface area contributed by atoms with Crippen molar-refractivity contribution in [1.29, 1.82) is 0 Å². The van der Waals surface area contributed by atoms with Crippen molar-refractivity contribution in [3.8, 4) is 0 Å². The Morgan fingerprint density at radius 1 is 1.14 bits per heavy atom. The van der Waals surface area contributed by atoms with Crippen molar-refractivity contribution in [3.05, 3.63) is 35.9 Å². The third-order valence-electron chi connectivity index (χ3n) is 4.93. The van der Waals surface area contributed by atoms with Gasteiger partial charge in [0, 0.05) is 18.2 Å². The molecule has 2 aliphatic rings. The third kappa shape index (κ3) is 2.87. The molecule has 4 heteroatoms. The van der Waals surface area contributed by atoms with Gasteiger partial charge in [-0.3, -0.25) is 10.1 Å². The lowest BCUT2D eigenvalue weighted by atomic mass is 9.65. The first-order chi connectivity index (χ1) is 10.3. The molecular formula is C18H24N2O2. The standard InChI is InChI=1S/C18H24N2O2/c1-17(2)9-14-10-18(3,11-17)12-20(14)16(22)19-15(21)13-7-5-4-6-8-13/h4-8,14H,9-12H2,1-3H3,(H,19,21,22)/t14-,18+/m0/s1. The van der Waals surface area contributed by atoms with Crippen LogP contribution >= 0.6 is 0 Å². The summed E-state index contributed by atoms with van der Waals surface area (Å²) in [4.78, 5) is 26.5. The van der Waals surface area contributed by atoms with Crippen molar-refractivity contribution in [1.82, 2.24) is 10.2 Å². The highest BCUT2D eigenvalue weighted by molar-refractivity contribution is 6.04. The first-order valence-electron chi connectivity index (χ1n) is 7.95. The van der Waals surface area contributed by atoms with E-state index in [-0.39, 0.29) is 28.8 Å². The average molecular weight is 300 g/mol. The first-order valence-corrected chi connectivity index (χ1v) is 7.95. The maximum Gasteiger partial charge on any atom is 0.324 e. The van der Waals surface area contributed by atoms with Gasteiger partial charge in [0.2, 0.25) is 0 Å². The summed E-state index contributed by atoms with van der Waals surface area (Å²) < 4.78 is 0. The molecule has 1 heterocycles. The van der Waals surface area contributed by atoms with Crippen molar-refractivity contribution in [3.63, 3.8) is 0 Å². The van der Waals surface area contributed by atoms with E-state index in [4.69, 9.17) is 0 Å². The van der Waals surface area contributed by atoms with E-state index in [0.717, 1.165) is 25.8 Å². The van der Waals surface area contributed by atoms with Gasteiger partial charge in [0.05, 0.1) is 0 Å². The SMILES string of the molecule is CC1(C)C[C@H]2C[C@@](C)(CN2C(=O)NC(=O)c2ccccc2)C1. The quantitative estimate of drug-likeness (QED) is 0.863. The minimum Gasteiger partial charge on any atom is -0.321 e. The van der Waals surface area contributed by atoms with Crippen LogP contribution in [0.5, 0.6) is 0 Å². The van der Waals surface area contributed by atoms with Crippen molar-refractivity contribution >= 4 is 11.9 Å². The second kappa shape index (κ2) is 5.11. The zero-order valence-corrected chi connectivity index (χ0v) is 13.6. The van der Waals surface area contributed by atoms with Gasteiger partial charge in [-0.15, -0.1) is 0 Å². The van der Waals surface area contributed by atoms with Crippen LogP contribution in [0, 0.1) is 10.8 Å². The summed E-state index contributed by atoms with van der Waals surface area (Å²) in [5, 5.41) is 2.54. The molecule has 4 nitrogen and oxygen atoms in total. The van der Waals surface area contributed by atoms with Crippen LogP contribution < -0.4 is 5.32 Å². The topological polar surface area (TPSA) is 49.4 Å². The molecule has 1 aliphatic carbocycles. The third-order valence-corrected chi connectivity index (χ3v) is 4.93. The number of likely N-dealkylation sites (tertiary alicyclic amines) is 1. The zero-order chi connectivity index (χ0) is 16.0. The minimum atomic E-state index is -0.323. The molecule has 1 saturated carbocycles. The van der Waals surface area contributed by atoms with E-state index < -0.39 is 0 Å². The summed E-state index contributed by atoms with van der Waals surface area (Å²) in [6, 6.07) is 8.88. The van der Waals surface area contributed by atoms with Gasteiger partial charge in [0.25, 0.3) is 5.91 Å². The van der Waals surface area contributed by atoms with E-state index in [1.165, 1.54) is 0 Å². The van der Waals surface area contributed by atoms with Gasteiger partial charge < -0.3 is 4.90 Å². The predicted molar refractivity (Wildman–Crippen MR) is 85.5 cm³/mol. The molecule has 3 amide bonds. The van der Waals surface area contributed by atoms with E-state index in [9.17, 15) is 9.59 Å². The Bertz CT molecular complexity index is 596. The number of fused-ring (bicyclic) bond motifs is 2. The molecule has 0 spiro atoms. The normalized spacial score (nSPS) is 29.2. The summed E-state index contributed by atoms with van der Waals surface area (Å²) in [5.41, 5.74) is 0.958. The zero-order valence-electron chi connectivity index (χ0n) is 13.6. The molecule has 1 aromatic rings. The molecule has 118 valence electrons. The number of nitrogens with one attached hydrogen (secondary N) is 1. The van der Waals surface area contributed by atoms with Gasteiger partial charge in [-0.05, 0) is 42.2 Å². The fourth-order valence-corrected chi connectivity index (χ4v) is 4.53. The van der Waals surface area contributed by atoms with Gasteiger partial charge in [-0.2, -0.15) is 0 Å². The monoisotopic (exact) mass is 300 g/mol. The lowest BCUT2D eigenvalue weighted by molar-refractivity contribution is 0.0947. The number of nitrogens with zero attached hydrogens (tertiary/aromatic N) is 1. The van der Waals surface area contributed by atoms with Crippen LogP contribution in [-0.4, -0.2) is 29.4 Å². The lowest BCUT2D eigenvalue weighted by Gasteiger charge is -2.39. The predicted octanol–water partition coefficient (Wildman–Crippen LogP) is 3.44. The molecule has 0 aromatic heterocycles. The molecule has 22 heavy (non-hydrogen) atoms. The lowest BCUT2D eigenvalue weighted by Crippen LogP contribution is -2.45.